The van der Waals surface area contributed by atoms with Gasteiger partial charge in [0.2, 0.25) is 5.91 Å². The molecular formula is C22H16ClF3N2O5S. The molecular weight excluding hydrogens is 497 g/mol. The molecule has 0 saturated carbocycles. The first kappa shape index (κ1) is 25.3. The maximum atomic E-state index is 12.7. The van der Waals surface area contributed by atoms with E-state index in [2.05, 4.69) is 5.32 Å². The summed E-state index contributed by atoms with van der Waals surface area (Å²) in [6.45, 7) is 1.15. The molecule has 3 rings (SSSR count). The van der Waals surface area contributed by atoms with Crippen LogP contribution in [-0.4, -0.2) is 41.1 Å². The fraction of sp³-hybridized carbons (Fsp3) is 0.182. The molecule has 1 aliphatic heterocycles. The molecule has 0 aliphatic carbocycles. The van der Waals surface area contributed by atoms with Crippen LogP contribution in [0.15, 0.2) is 47.4 Å². The molecule has 0 radical (unpaired) electrons. The summed E-state index contributed by atoms with van der Waals surface area (Å²) in [7, 11) is 0. The van der Waals surface area contributed by atoms with Gasteiger partial charge < -0.3 is 10.1 Å². The summed E-state index contributed by atoms with van der Waals surface area (Å²) in [5, 5.41) is 1.89. The number of amides is 3. The summed E-state index contributed by atoms with van der Waals surface area (Å²) < 4.78 is 43.0. The molecule has 12 heteroatoms. The van der Waals surface area contributed by atoms with Crippen molar-refractivity contribution in [3.05, 3.63) is 69.1 Å². The number of nitrogens with zero attached hydrogens (tertiary/aromatic N) is 1. The van der Waals surface area contributed by atoms with Gasteiger partial charge in [-0.25, -0.2) is 4.79 Å². The number of hydrogen-bond acceptors (Lipinski definition) is 6. The third-order valence-corrected chi connectivity index (χ3v) is 5.69. The summed E-state index contributed by atoms with van der Waals surface area (Å²) in [4.78, 5) is 49.8. The van der Waals surface area contributed by atoms with Gasteiger partial charge in [0.1, 0.15) is 6.54 Å². The van der Waals surface area contributed by atoms with Crippen molar-refractivity contribution < 1.29 is 37.1 Å². The molecule has 1 aliphatic rings. The number of ether oxygens (including phenoxy) is 1. The van der Waals surface area contributed by atoms with Gasteiger partial charge in [-0.1, -0.05) is 23.7 Å². The Bertz CT molecular complexity index is 1180. The second-order valence-electron chi connectivity index (χ2n) is 6.85. The van der Waals surface area contributed by atoms with Gasteiger partial charge in [-0.2, -0.15) is 13.2 Å². The minimum Gasteiger partial charge on any atom is -0.462 e. The number of alkyl halides is 3. The van der Waals surface area contributed by atoms with Crippen LogP contribution in [0.5, 0.6) is 0 Å². The average molecular weight is 513 g/mol. The molecule has 2 aromatic carbocycles. The Morgan fingerprint density at radius 1 is 1.15 bits per heavy atom. The highest BCUT2D eigenvalue weighted by Gasteiger charge is 2.36. The van der Waals surface area contributed by atoms with Gasteiger partial charge in [0.25, 0.3) is 11.1 Å². The van der Waals surface area contributed by atoms with Gasteiger partial charge >= 0.3 is 12.1 Å². The van der Waals surface area contributed by atoms with E-state index in [-0.39, 0.29) is 33.3 Å². The van der Waals surface area contributed by atoms with Crippen molar-refractivity contribution in [3.63, 3.8) is 0 Å². The first-order chi connectivity index (χ1) is 16.0. The number of carbonyl (C=O) groups excluding carboxylic acids is 4. The third kappa shape index (κ3) is 5.97. The zero-order valence-corrected chi connectivity index (χ0v) is 19.0. The van der Waals surface area contributed by atoms with Gasteiger partial charge in [-0.15, -0.1) is 0 Å². The lowest BCUT2D eigenvalue weighted by Crippen LogP contribution is -2.36. The van der Waals surface area contributed by atoms with Crippen LogP contribution in [0.4, 0.5) is 23.7 Å². The van der Waals surface area contributed by atoms with Crippen LogP contribution in [0.3, 0.4) is 0 Å². The summed E-state index contributed by atoms with van der Waals surface area (Å²) in [6.07, 6.45) is -3.22. The highest BCUT2D eigenvalue weighted by Crippen LogP contribution is 2.33. The number of rotatable bonds is 6. The van der Waals surface area contributed by atoms with E-state index < -0.39 is 41.3 Å². The van der Waals surface area contributed by atoms with Gasteiger partial charge in [0, 0.05) is 5.69 Å². The fourth-order valence-electron chi connectivity index (χ4n) is 2.87. The summed E-state index contributed by atoms with van der Waals surface area (Å²) in [6, 6.07) is 8.19. The SMILES string of the molecule is CCOC(=O)c1cc(NC(=O)CN2C(=O)S/C(=C\c3ccc(C(F)(F)F)cc3)C2=O)ccc1Cl. The molecule has 1 N–H and O–H groups in total. The van der Waals surface area contributed by atoms with Crippen molar-refractivity contribution in [2.24, 2.45) is 0 Å². The van der Waals surface area contributed by atoms with E-state index in [1.165, 1.54) is 36.4 Å². The lowest BCUT2D eigenvalue weighted by Gasteiger charge is -2.13. The lowest BCUT2D eigenvalue weighted by atomic mass is 10.1. The summed E-state index contributed by atoms with van der Waals surface area (Å²) in [5.41, 5.74) is -0.324. The molecule has 0 unspecified atom stereocenters. The minimum absolute atomic E-state index is 0.0337. The number of hydrogen-bond donors (Lipinski definition) is 1. The van der Waals surface area contributed by atoms with Gasteiger partial charge in [-0.3, -0.25) is 19.3 Å². The van der Waals surface area contributed by atoms with Crippen LogP contribution in [0.2, 0.25) is 5.02 Å². The zero-order chi connectivity index (χ0) is 25.0. The Hall–Kier alpha value is -3.31. The molecule has 1 heterocycles. The quantitative estimate of drug-likeness (QED) is 0.422. The standard InChI is InChI=1S/C22H16ClF3N2O5S/c1-2-33-20(31)15-10-14(7-8-16(15)23)27-18(29)11-28-19(30)17(34-21(28)32)9-12-3-5-13(6-4-12)22(24,25)26/h3-10H,2,11H2,1H3,(H,27,29)/b17-9-. The molecule has 1 fully saturated rings. The number of anilines is 1. The molecule has 0 spiro atoms. The van der Waals surface area contributed by atoms with Crippen LogP contribution in [0.1, 0.15) is 28.4 Å². The number of benzene rings is 2. The van der Waals surface area contributed by atoms with Crippen molar-refractivity contribution >= 4 is 58.1 Å². The van der Waals surface area contributed by atoms with Crippen molar-refractivity contribution in [1.29, 1.82) is 0 Å². The van der Waals surface area contributed by atoms with E-state index in [0.717, 1.165) is 12.1 Å². The Labute approximate surface area is 200 Å². The molecule has 34 heavy (non-hydrogen) atoms. The number of thioether (sulfide) groups is 1. The van der Waals surface area contributed by atoms with E-state index in [1.54, 1.807) is 6.92 Å². The topological polar surface area (TPSA) is 92.8 Å². The van der Waals surface area contributed by atoms with Crippen molar-refractivity contribution in [3.8, 4) is 0 Å². The molecule has 178 valence electrons. The second kappa shape index (κ2) is 10.3. The Morgan fingerprint density at radius 3 is 2.44 bits per heavy atom. The Morgan fingerprint density at radius 2 is 1.82 bits per heavy atom. The molecule has 0 aromatic heterocycles. The molecule has 2 aromatic rings. The van der Waals surface area contributed by atoms with E-state index in [4.69, 9.17) is 16.3 Å². The lowest BCUT2D eigenvalue weighted by molar-refractivity contribution is -0.137. The molecule has 0 bridgehead atoms. The van der Waals surface area contributed by atoms with E-state index >= 15 is 0 Å². The third-order valence-electron chi connectivity index (χ3n) is 4.46. The van der Waals surface area contributed by atoms with Crippen molar-refractivity contribution in [1.82, 2.24) is 4.90 Å². The first-order valence-electron chi connectivity index (χ1n) is 9.68. The highest BCUT2D eigenvalue weighted by molar-refractivity contribution is 8.18. The monoisotopic (exact) mass is 512 g/mol. The van der Waals surface area contributed by atoms with Crippen LogP contribution in [-0.2, 0) is 20.5 Å². The number of carbonyl (C=O) groups is 4. The summed E-state index contributed by atoms with van der Waals surface area (Å²) in [5.74, 6) is -2.15. The Balaban J connectivity index is 1.68. The molecule has 7 nitrogen and oxygen atoms in total. The maximum absolute atomic E-state index is 12.7. The number of imide groups is 1. The molecule has 0 atom stereocenters. The predicted molar refractivity (Wildman–Crippen MR) is 120 cm³/mol. The van der Waals surface area contributed by atoms with Gasteiger partial charge in [0.05, 0.1) is 27.7 Å². The highest BCUT2D eigenvalue weighted by atomic mass is 35.5. The fourth-order valence-corrected chi connectivity index (χ4v) is 3.90. The predicted octanol–water partition coefficient (Wildman–Crippen LogP) is 5.21. The normalized spacial score (nSPS) is 15.1. The Kier molecular flexibility index (Phi) is 7.68. The van der Waals surface area contributed by atoms with E-state index in [9.17, 15) is 32.3 Å². The van der Waals surface area contributed by atoms with Crippen molar-refractivity contribution in [2.75, 3.05) is 18.5 Å². The maximum Gasteiger partial charge on any atom is 0.416 e. The molecule has 3 amide bonds. The van der Waals surface area contributed by atoms with Crippen LogP contribution in [0.25, 0.3) is 6.08 Å². The summed E-state index contributed by atoms with van der Waals surface area (Å²) >= 11 is 6.54. The zero-order valence-electron chi connectivity index (χ0n) is 17.4. The van der Waals surface area contributed by atoms with Gasteiger partial charge in [0.15, 0.2) is 0 Å². The number of halogens is 4. The average Bonchev–Trinajstić information content (AvgIpc) is 3.02. The number of esters is 1. The molecule has 1 saturated heterocycles. The largest absolute Gasteiger partial charge is 0.462 e. The number of nitrogens with one attached hydrogen (secondary N) is 1. The van der Waals surface area contributed by atoms with Gasteiger partial charge in [-0.05, 0) is 60.7 Å². The van der Waals surface area contributed by atoms with Crippen molar-refractivity contribution in [2.45, 2.75) is 13.1 Å². The minimum atomic E-state index is -4.50. The van der Waals surface area contributed by atoms with Crippen LogP contribution in [0, 0.1) is 0 Å². The smallest absolute Gasteiger partial charge is 0.416 e. The van der Waals surface area contributed by atoms with Crippen LogP contribution < -0.4 is 5.32 Å². The van der Waals surface area contributed by atoms with E-state index in [0.29, 0.717) is 16.7 Å². The first-order valence-corrected chi connectivity index (χ1v) is 10.9. The second-order valence-corrected chi connectivity index (χ2v) is 8.25. The van der Waals surface area contributed by atoms with Crippen LogP contribution >= 0.6 is 23.4 Å². The van der Waals surface area contributed by atoms with E-state index in [1.807, 2.05) is 0 Å².